The highest BCUT2D eigenvalue weighted by Gasteiger charge is 2.62. The van der Waals surface area contributed by atoms with Gasteiger partial charge in [0.05, 0.1) is 31.4 Å². The largest absolute Gasteiger partial charge is 0.450 e. The number of carbonyl (C=O) groups excluding carboxylic acids is 5. The Labute approximate surface area is 298 Å². The minimum absolute atomic E-state index is 0.0237. The molecule has 3 fully saturated rings. The van der Waals surface area contributed by atoms with Gasteiger partial charge in [0.25, 0.3) is 5.91 Å². The summed E-state index contributed by atoms with van der Waals surface area (Å²) in [5, 5.41) is 3.77. The van der Waals surface area contributed by atoms with E-state index >= 15 is 0 Å². The van der Waals surface area contributed by atoms with E-state index in [1.54, 1.807) is 0 Å². The van der Waals surface area contributed by atoms with Gasteiger partial charge in [0.15, 0.2) is 0 Å². The maximum Gasteiger partial charge on any atom is 0.410 e. The van der Waals surface area contributed by atoms with Crippen molar-refractivity contribution in [3.63, 3.8) is 0 Å². The molecule has 3 aliphatic heterocycles. The minimum Gasteiger partial charge on any atom is -0.450 e. The molecule has 4 bridgehead atoms. The maximum absolute atomic E-state index is 14.0. The van der Waals surface area contributed by atoms with E-state index in [0.29, 0.717) is 32.1 Å². The van der Waals surface area contributed by atoms with Gasteiger partial charge in [-0.1, -0.05) is 36.4 Å². The number of ether oxygens (including phenoxy) is 2. The van der Waals surface area contributed by atoms with Crippen LogP contribution >= 0.6 is 0 Å². The molecule has 5 amide bonds. The first-order valence-electron chi connectivity index (χ1n) is 17.1. The van der Waals surface area contributed by atoms with Crippen LogP contribution in [0.3, 0.4) is 0 Å². The first-order valence-corrected chi connectivity index (χ1v) is 18.7. The summed E-state index contributed by atoms with van der Waals surface area (Å²) in [5.41, 5.74) is 0.958. The van der Waals surface area contributed by atoms with Crippen LogP contribution < -0.4 is 15.4 Å². The molecular formula is C34H40F3N5O9S. The molecule has 282 valence electrons. The number of sulfonamides is 1. The van der Waals surface area contributed by atoms with Gasteiger partial charge in [-0.2, -0.15) is 13.2 Å². The summed E-state index contributed by atoms with van der Waals surface area (Å²) in [4.78, 5) is 69.4. The highest BCUT2D eigenvalue weighted by molar-refractivity contribution is 7.91. The van der Waals surface area contributed by atoms with Gasteiger partial charge in [-0.3, -0.25) is 24.0 Å². The van der Waals surface area contributed by atoms with Gasteiger partial charge in [0.1, 0.15) is 23.7 Å². The lowest BCUT2D eigenvalue weighted by Crippen LogP contribution is -2.58. The molecule has 14 nitrogen and oxygen atoms in total. The van der Waals surface area contributed by atoms with E-state index in [4.69, 9.17) is 9.47 Å². The van der Waals surface area contributed by atoms with Crippen molar-refractivity contribution in [1.29, 1.82) is 0 Å². The SMILES string of the molecule is C=C[C@H]1C[C@]1(NC(=O)[C@@H]1C[C@@H]2CN1C(=O)[C@H](CC(F)(F)F)NC(=O)OCCCC/C=C/c1cccc3c1CN(C3)C(=O)O2)C(=O)NS(=O)(=O)C1CC1. The van der Waals surface area contributed by atoms with Gasteiger partial charge in [-0.15, -0.1) is 6.58 Å². The summed E-state index contributed by atoms with van der Waals surface area (Å²) in [6, 6.07) is 1.87. The predicted octanol–water partition coefficient (Wildman–Crippen LogP) is 3.02. The lowest BCUT2D eigenvalue weighted by Gasteiger charge is -2.30. The molecule has 5 aliphatic rings. The van der Waals surface area contributed by atoms with Crippen molar-refractivity contribution in [3.05, 3.63) is 53.6 Å². The van der Waals surface area contributed by atoms with Crippen LogP contribution in [0.25, 0.3) is 6.08 Å². The van der Waals surface area contributed by atoms with Crippen molar-refractivity contribution in [3.8, 4) is 0 Å². The Morgan fingerprint density at radius 2 is 1.90 bits per heavy atom. The van der Waals surface area contributed by atoms with E-state index in [1.807, 2.05) is 40.4 Å². The van der Waals surface area contributed by atoms with Crippen molar-refractivity contribution < 1.29 is 55.0 Å². The van der Waals surface area contributed by atoms with E-state index in [1.165, 1.54) is 11.0 Å². The molecule has 0 spiro atoms. The van der Waals surface area contributed by atoms with Crippen molar-refractivity contribution in [2.24, 2.45) is 5.92 Å². The molecule has 3 heterocycles. The molecule has 52 heavy (non-hydrogen) atoms. The lowest BCUT2D eigenvalue weighted by molar-refractivity contribution is -0.155. The Kier molecular flexibility index (Phi) is 10.3. The molecule has 1 saturated heterocycles. The zero-order valence-electron chi connectivity index (χ0n) is 28.2. The molecule has 5 atom stereocenters. The van der Waals surface area contributed by atoms with Crippen molar-refractivity contribution in [1.82, 2.24) is 25.2 Å². The molecule has 0 radical (unpaired) electrons. The van der Waals surface area contributed by atoms with Crippen molar-refractivity contribution >= 4 is 46.0 Å². The second-order valence-electron chi connectivity index (χ2n) is 13.8. The molecule has 3 N–H and O–H groups in total. The number of fused-ring (bicyclic) bond motifs is 3. The minimum atomic E-state index is -4.93. The molecule has 1 aromatic carbocycles. The number of amides is 5. The van der Waals surface area contributed by atoms with Crippen LogP contribution in [-0.2, 0) is 47.0 Å². The molecular weight excluding hydrogens is 711 g/mol. The van der Waals surface area contributed by atoms with Crippen LogP contribution in [-0.4, -0.2) is 96.4 Å². The molecule has 2 aliphatic carbocycles. The number of rotatable bonds is 7. The average molecular weight is 752 g/mol. The summed E-state index contributed by atoms with van der Waals surface area (Å²) < 4.78 is 79.2. The van der Waals surface area contributed by atoms with E-state index in [2.05, 4.69) is 11.9 Å². The van der Waals surface area contributed by atoms with Gasteiger partial charge in [0, 0.05) is 18.9 Å². The first kappa shape index (κ1) is 37.2. The average Bonchev–Trinajstić information content (AvgIpc) is 3.96. The second kappa shape index (κ2) is 14.4. The number of hydrogen-bond acceptors (Lipinski definition) is 9. The van der Waals surface area contributed by atoms with Gasteiger partial charge >= 0.3 is 18.4 Å². The molecule has 0 unspecified atom stereocenters. The van der Waals surface area contributed by atoms with Crippen LogP contribution in [0.15, 0.2) is 36.9 Å². The van der Waals surface area contributed by atoms with Crippen LogP contribution in [0.4, 0.5) is 22.8 Å². The Bertz CT molecular complexity index is 1780. The maximum atomic E-state index is 14.0. The third kappa shape index (κ3) is 8.21. The van der Waals surface area contributed by atoms with E-state index in [-0.39, 0.29) is 32.5 Å². The number of alkyl halides is 3. The Morgan fingerprint density at radius 1 is 1.13 bits per heavy atom. The van der Waals surface area contributed by atoms with Crippen molar-refractivity contribution in [2.75, 3.05) is 13.2 Å². The highest BCUT2D eigenvalue weighted by Crippen LogP contribution is 2.45. The zero-order chi connectivity index (χ0) is 37.4. The molecule has 2 saturated carbocycles. The number of benzene rings is 1. The number of allylic oxidation sites excluding steroid dienone is 1. The first-order chi connectivity index (χ1) is 24.6. The van der Waals surface area contributed by atoms with Gasteiger partial charge in [-0.25, -0.2) is 18.0 Å². The normalized spacial score (nSPS) is 28.9. The molecule has 6 rings (SSSR count). The number of halogens is 3. The number of hydrogen-bond donors (Lipinski definition) is 3. The van der Waals surface area contributed by atoms with Gasteiger partial charge < -0.3 is 25.0 Å². The summed E-state index contributed by atoms with van der Waals surface area (Å²) in [7, 11) is -4.01. The van der Waals surface area contributed by atoms with Crippen LogP contribution in [0.1, 0.15) is 68.1 Å². The lowest BCUT2D eigenvalue weighted by atomic mass is 10.0. The van der Waals surface area contributed by atoms with E-state index < -0.39 is 94.0 Å². The number of cyclic esters (lactones) is 1. The summed E-state index contributed by atoms with van der Waals surface area (Å²) in [5.74, 6) is -3.99. The number of nitrogens with one attached hydrogen (secondary N) is 3. The number of nitrogens with zero attached hydrogens (tertiary/aromatic N) is 2. The van der Waals surface area contributed by atoms with Crippen LogP contribution in [0.5, 0.6) is 0 Å². The molecule has 18 heteroatoms. The smallest absolute Gasteiger partial charge is 0.410 e. The third-order valence-corrected chi connectivity index (χ3v) is 11.8. The fraction of sp³-hybridized carbons (Fsp3) is 0.559. The third-order valence-electron chi connectivity index (χ3n) is 9.96. The van der Waals surface area contributed by atoms with E-state index in [9.17, 15) is 45.6 Å². The summed E-state index contributed by atoms with van der Waals surface area (Å²) in [6.07, 6.45) is -2.77. The standard InChI is InChI=1S/C34H40F3N5O9S/c1-2-22-15-33(22,30(45)40-52(48,49)24-11-12-24)39-28(43)27-14-23-18-42(27)29(44)26(16-34(35,36)37)38-31(46)50-13-6-4-3-5-8-20-9-7-10-21-17-41(19-25(20)21)32(47)51-23/h2,5,7-10,22-24,26-27H,1,3-4,6,11-19H2,(H,38,46)(H,39,43)(H,40,45)/b8-5+/t22-,23+,26-,27-,33+/m0/s1. The highest BCUT2D eigenvalue weighted by atomic mass is 32.2. The quantitative estimate of drug-likeness (QED) is 0.353. The van der Waals surface area contributed by atoms with E-state index in [0.717, 1.165) is 21.6 Å². The number of alkyl carbamates (subject to hydrolysis) is 1. The molecule has 1 aromatic rings. The summed E-state index contributed by atoms with van der Waals surface area (Å²) >= 11 is 0. The van der Waals surface area contributed by atoms with Crippen LogP contribution in [0, 0.1) is 5.92 Å². The predicted molar refractivity (Wildman–Crippen MR) is 177 cm³/mol. The van der Waals surface area contributed by atoms with Gasteiger partial charge in [-0.05, 0) is 55.2 Å². The van der Waals surface area contributed by atoms with Crippen LogP contribution in [0.2, 0.25) is 0 Å². The van der Waals surface area contributed by atoms with Crippen molar-refractivity contribution in [2.45, 2.75) is 99.6 Å². The Hall–Kier alpha value is -4.61. The molecule has 0 aromatic heterocycles. The fourth-order valence-electron chi connectivity index (χ4n) is 6.90. The second-order valence-corrected chi connectivity index (χ2v) is 15.8. The Morgan fingerprint density at radius 3 is 2.60 bits per heavy atom. The Balaban J connectivity index is 1.27. The topological polar surface area (TPSA) is 181 Å². The number of carbonyl (C=O) groups is 5. The summed E-state index contributed by atoms with van der Waals surface area (Å²) in [6.45, 7) is 3.44. The van der Waals surface area contributed by atoms with Gasteiger partial charge in [0.2, 0.25) is 21.8 Å². The fourth-order valence-corrected chi connectivity index (χ4v) is 8.26. The zero-order valence-corrected chi connectivity index (χ0v) is 29.0. The monoisotopic (exact) mass is 751 g/mol.